The molecule has 1 heterocycles. The van der Waals surface area contributed by atoms with E-state index < -0.39 is 4.84 Å². The van der Waals surface area contributed by atoms with Crippen molar-refractivity contribution in [3.63, 3.8) is 0 Å². The minimum atomic E-state index is -0.528. The van der Waals surface area contributed by atoms with Crippen LogP contribution in [0.3, 0.4) is 0 Å². The van der Waals surface area contributed by atoms with E-state index >= 15 is 0 Å². The molecule has 1 rings (SSSR count). The molecule has 56 valence electrons. The summed E-state index contributed by atoms with van der Waals surface area (Å²) >= 11 is 16.0. The quantitative estimate of drug-likeness (QED) is 0.702. The topological polar surface area (TPSA) is 12.9 Å². The van der Waals surface area contributed by atoms with Gasteiger partial charge in [0.25, 0.3) is 0 Å². The number of aromatic nitrogens is 1. The van der Waals surface area contributed by atoms with Crippen molar-refractivity contribution in [2.75, 3.05) is 0 Å². The monoisotopic (exact) mass is 259 g/mol. The molecule has 0 saturated heterocycles. The largest absolute Gasteiger partial charge is 0.242 e. The number of rotatable bonds is 1. The molecule has 0 aliphatic rings. The molecule has 0 aliphatic heterocycles. The van der Waals surface area contributed by atoms with E-state index in [0.29, 0.717) is 5.69 Å². The van der Waals surface area contributed by atoms with E-state index in [1.807, 2.05) is 6.92 Å². The molecule has 0 fully saturated rings. The summed E-state index contributed by atoms with van der Waals surface area (Å²) in [7, 11) is 0. The van der Waals surface area contributed by atoms with Gasteiger partial charge in [-0.3, -0.25) is 0 Å². The Morgan fingerprint density at radius 3 is 2.40 bits per heavy atom. The van der Waals surface area contributed by atoms with Crippen LogP contribution in [0.25, 0.3) is 0 Å². The van der Waals surface area contributed by atoms with Gasteiger partial charge in [0.2, 0.25) is 0 Å². The van der Waals surface area contributed by atoms with Gasteiger partial charge in [0.15, 0.2) is 4.84 Å². The molecule has 10 heavy (non-hydrogen) atoms. The van der Waals surface area contributed by atoms with Crippen LogP contribution >= 0.6 is 50.5 Å². The van der Waals surface area contributed by atoms with E-state index in [2.05, 4.69) is 20.9 Å². The zero-order valence-corrected chi connectivity index (χ0v) is 8.98. The van der Waals surface area contributed by atoms with Crippen LogP contribution in [-0.2, 0) is 0 Å². The highest BCUT2D eigenvalue weighted by atomic mass is 79.9. The number of hydrogen-bond acceptors (Lipinski definition) is 2. The van der Waals surface area contributed by atoms with Crippen molar-refractivity contribution < 1.29 is 0 Å². The summed E-state index contributed by atoms with van der Waals surface area (Å²) in [6, 6.07) is 0. The third-order valence-electron chi connectivity index (χ3n) is 0.923. The number of halogens is 3. The maximum Gasteiger partial charge on any atom is 0.151 e. The number of nitrogens with zero attached hydrogens (tertiary/aromatic N) is 1. The first-order chi connectivity index (χ1) is 4.61. The molecule has 0 atom stereocenters. The van der Waals surface area contributed by atoms with Gasteiger partial charge in [0, 0.05) is 0 Å². The van der Waals surface area contributed by atoms with Gasteiger partial charge >= 0.3 is 0 Å². The Morgan fingerprint density at radius 1 is 1.60 bits per heavy atom. The molecule has 1 nitrogen and oxygen atoms in total. The van der Waals surface area contributed by atoms with E-state index in [0.717, 1.165) is 8.79 Å². The molecule has 0 radical (unpaired) electrons. The van der Waals surface area contributed by atoms with E-state index in [1.54, 1.807) is 0 Å². The van der Waals surface area contributed by atoms with E-state index in [9.17, 15) is 0 Å². The van der Waals surface area contributed by atoms with Gasteiger partial charge in [-0.05, 0) is 22.9 Å². The van der Waals surface area contributed by atoms with E-state index in [4.69, 9.17) is 23.2 Å². The normalized spacial score (nSPS) is 10.9. The Bertz CT molecular complexity index is 236. The molecular weight excluding hydrogens is 257 g/mol. The number of aryl methyl sites for hydroxylation is 1. The highest BCUT2D eigenvalue weighted by molar-refractivity contribution is 9.11. The fourth-order valence-corrected chi connectivity index (χ4v) is 2.95. The Hall–Kier alpha value is 0.690. The standard InChI is InChI=1S/C5H4BrCl2NS/c1-2-9-3(5(7)8)4(6)10-2/h5H,1H3. The highest BCUT2D eigenvalue weighted by Crippen LogP contribution is 2.34. The van der Waals surface area contributed by atoms with Gasteiger partial charge < -0.3 is 0 Å². The van der Waals surface area contributed by atoms with Gasteiger partial charge in [-0.15, -0.1) is 11.3 Å². The fraction of sp³-hybridized carbons (Fsp3) is 0.400. The molecule has 0 aromatic carbocycles. The van der Waals surface area contributed by atoms with Gasteiger partial charge in [-0.2, -0.15) is 0 Å². The number of hydrogen-bond donors (Lipinski definition) is 0. The predicted octanol–water partition coefficient (Wildman–Crippen LogP) is 3.69. The molecular formula is C5H4BrCl2NS. The van der Waals surface area contributed by atoms with Gasteiger partial charge in [-0.25, -0.2) is 4.98 Å². The van der Waals surface area contributed by atoms with Gasteiger partial charge in [0.05, 0.1) is 14.5 Å². The minimum Gasteiger partial charge on any atom is -0.242 e. The summed E-state index contributed by atoms with van der Waals surface area (Å²) in [6.45, 7) is 1.91. The lowest BCUT2D eigenvalue weighted by atomic mass is 10.6. The van der Waals surface area contributed by atoms with Crippen LogP contribution in [0.2, 0.25) is 0 Å². The molecule has 0 aliphatic carbocycles. The maximum atomic E-state index is 5.60. The summed E-state index contributed by atoms with van der Waals surface area (Å²) in [5.41, 5.74) is 0.714. The second-order valence-corrected chi connectivity index (χ2v) is 5.31. The average Bonchev–Trinajstić information content (AvgIpc) is 2.10. The highest BCUT2D eigenvalue weighted by Gasteiger charge is 2.12. The smallest absolute Gasteiger partial charge is 0.151 e. The number of thiazole rings is 1. The molecule has 1 aromatic rings. The zero-order chi connectivity index (χ0) is 7.72. The number of alkyl halides is 2. The van der Waals surface area contributed by atoms with Crippen LogP contribution in [-0.4, -0.2) is 4.98 Å². The predicted molar refractivity (Wildman–Crippen MR) is 49.0 cm³/mol. The van der Waals surface area contributed by atoms with Crippen LogP contribution in [0.4, 0.5) is 0 Å². The molecule has 0 unspecified atom stereocenters. The van der Waals surface area contributed by atoms with Crippen molar-refractivity contribution in [2.45, 2.75) is 11.8 Å². The van der Waals surface area contributed by atoms with Crippen LogP contribution in [0.1, 0.15) is 15.5 Å². The van der Waals surface area contributed by atoms with Crippen LogP contribution in [0.5, 0.6) is 0 Å². The average molecular weight is 261 g/mol. The van der Waals surface area contributed by atoms with Crippen molar-refractivity contribution in [3.8, 4) is 0 Å². The first kappa shape index (κ1) is 8.78. The third-order valence-corrected chi connectivity index (χ3v) is 3.00. The van der Waals surface area contributed by atoms with Crippen molar-refractivity contribution >= 4 is 50.5 Å². The summed E-state index contributed by atoms with van der Waals surface area (Å²) < 4.78 is 0.917. The van der Waals surface area contributed by atoms with Crippen molar-refractivity contribution in [1.29, 1.82) is 0 Å². The molecule has 0 saturated carbocycles. The van der Waals surface area contributed by atoms with Crippen molar-refractivity contribution in [3.05, 3.63) is 14.5 Å². The second kappa shape index (κ2) is 3.39. The van der Waals surface area contributed by atoms with E-state index in [-0.39, 0.29) is 0 Å². The molecule has 0 amide bonds. The lowest BCUT2D eigenvalue weighted by molar-refractivity contribution is 1.14. The fourth-order valence-electron chi connectivity index (χ4n) is 0.553. The lowest BCUT2D eigenvalue weighted by Gasteiger charge is -1.93. The van der Waals surface area contributed by atoms with Crippen molar-refractivity contribution in [1.82, 2.24) is 4.98 Å². The molecule has 5 heteroatoms. The summed E-state index contributed by atoms with van der Waals surface area (Å²) in [4.78, 5) is 3.59. The van der Waals surface area contributed by atoms with Crippen LogP contribution in [0.15, 0.2) is 3.79 Å². The Kier molecular flexibility index (Phi) is 2.98. The van der Waals surface area contributed by atoms with Crippen LogP contribution < -0.4 is 0 Å². The van der Waals surface area contributed by atoms with Crippen molar-refractivity contribution in [2.24, 2.45) is 0 Å². The minimum absolute atomic E-state index is 0.528. The zero-order valence-electron chi connectivity index (χ0n) is 5.07. The van der Waals surface area contributed by atoms with E-state index in [1.165, 1.54) is 11.3 Å². The summed E-state index contributed by atoms with van der Waals surface area (Å²) in [6.07, 6.45) is 0. The first-order valence-electron chi connectivity index (χ1n) is 2.52. The Balaban J connectivity index is 3.03. The second-order valence-electron chi connectivity index (χ2n) is 1.69. The van der Waals surface area contributed by atoms with Crippen LogP contribution in [0, 0.1) is 6.92 Å². The molecule has 0 spiro atoms. The molecule has 1 aromatic heterocycles. The summed E-state index contributed by atoms with van der Waals surface area (Å²) in [5, 5.41) is 0.966. The molecule has 0 N–H and O–H groups in total. The Morgan fingerprint density at radius 2 is 2.20 bits per heavy atom. The molecule has 0 bridgehead atoms. The van der Waals surface area contributed by atoms with Gasteiger partial charge in [-0.1, -0.05) is 23.2 Å². The Labute approximate surface area is 81.5 Å². The maximum absolute atomic E-state index is 5.60. The SMILES string of the molecule is Cc1nc(C(Cl)Cl)c(Br)s1. The van der Waals surface area contributed by atoms with Gasteiger partial charge in [0.1, 0.15) is 0 Å². The third kappa shape index (κ3) is 1.84. The first-order valence-corrected chi connectivity index (χ1v) is 5.00. The summed E-state index contributed by atoms with van der Waals surface area (Å²) in [5.74, 6) is 0. The lowest BCUT2D eigenvalue weighted by Crippen LogP contribution is -1.81.